The van der Waals surface area contributed by atoms with Crippen LogP contribution in [0.25, 0.3) is 5.69 Å². The summed E-state index contributed by atoms with van der Waals surface area (Å²) < 4.78 is 1.49. The van der Waals surface area contributed by atoms with Crippen molar-refractivity contribution in [2.45, 2.75) is 25.9 Å². The highest BCUT2D eigenvalue weighted by atomic mass is 35.5. The minimum atomic E-state index is -1.05. The fraction of sp³-hybridized carbons (Fsp3) is 0.200. The van der Waals surface area contributed by atoms with Crippen molar-refractivity contribution in [2.75, 3.05) is 0 Å². The molecule has 2 aromatic carbocycles. The van der Waals surface area contributed by atoms with E-state index in [0.29, 0.717) is 16.5 Å². The first-order chi connectivity index (χ1) is 13.5. The molecule has 28 heavy (non-hydrogen) atoms. The molecule has 0 fully saturated rings. The number of aryl methyl sites for hydroxylation is 1. The summed E-state index contributed by atoms with van der Waals surface area (Å²) in [6.07, 6.45) is 0.251. The number of carboxylic acid groups (broad SMARTS) is 1. The van der Waals surface area contributed by atoms with Crippen molar-refractivity contribution < 1.29 is 14.7 Å². The van der Waals surface area contributed by atoms with Crippen molar-refractivity contribution in [1.29, 1.82) is 0 Å². The zero-order valence-corrected chi connectivity index (χ0v) is 15.8. The van der Waals surface area contributed by atoms with Crippen LogP contribution in [0.4, 0.5) is 0 Å². The Balaban J connectivity index is 1.70. The first-order valence-electron chi connectivity index (χ1n) is 8.75. The number of fused-ring (bicyclic) bond motifs is 1. The molecule has 1 amide bonds. The quantitative estimate of drug-likeness (QED) is 0.735. The van der Waals surface area contributed by atoms with Crippen LogP contribution in [0.3, 0.4) is 0 Å². The van der Waals surface area contributed by atoms with Gasteiger partial charge in [-0.1, -0.05) is 48.0 Å². The Labute approximate surface area is 166 Å². The molecule has 1 atom stereocenters. The minimum absolute atomic E-state index is 0.0527. The molecule has 0 saturated carbocycles. The summed E-state index contributed by atoms with van der Waals surface area (Å²) in [5.74, 6) is -1.13. The fourth-order valence-electron chi connectivity index (χ4n) is 3.42. The van der Waals surface area contributed by atoms with Crippen LogP contribution in [-0.4, -0.2) is 42.7 Å². The van der Waals surface area contributed by atoms with Gasteiger partial charge in [0.25, 0.3) is 5.91 Å². The number of hydrogen-bond acceptors (Lipinski definition) is 4. The molecule has 0 saturated heterocycles. The Morgan fingerprint density at radius 2 is 1.79 bits per heavy atom. The molecule has 7 nitrogen and oxygen atoms in total. The Morgan fingerprint density at radius 3 is 2.50 bits per heavy atom. The number of rotatable bonds is 3. The average Bonchev–Trinajstić information content (AvgIpc) is 3.08. The van der Waals surface area contributed by atoms with Gasteiger partial charge in [-0.15, -0.1) is 5.10 Å². The van der Waals surface area contributed by atoms with E-state index in [4.69, 9.17) is 11.6 Å². The molecular formula is C20H17ClN4O3. The van der Waals surface area contributed by atoms with E-state index >= 15 is 0 Å². The summed E-state index contributed by atoms with van der Waals surface area (Å²) in [5.41, 5.74) is 2.47. The zero-order chi connectivity index (χ0) is 19.8. The van der Waals surface area contributed by atoms with Gasteiger partial charge < -0.3 is 10.0 Å². The average molecular weight is 397 g/mol. The van der Waals surface area contributed by atoms with Crippen LogP contribution in [0.15, 0.2) is 48.5 Å². The van der Waals surface area contributed by atoms with Gasteiger partial charge in [0.15, 0.2) is 0 Å². The number of amides is 1. The molecule has 0 spiro atoms. The van der Waals surface area contributed by atoms with E-state index in [1.54, 1.807) is 25.1 Å². The summed E-state index contributed by atoms with van der Waals surface area (Å²) in [6.45, 7) is 1.92. The van der Waals surface area contributed by atoms with Crippen LogP contribution < -0.4 is 0 Å². The van der Waals surface area contributed by atoms with E-state index in [1.165, 1.54) is 9.58 Å². The van der Waals surface area contributed by atoms with Gasteiger partial charge in [-0.3, -0.25) is 4.79 Å². The van der Waals surface area contributed by atoms with Crippen LogP contribution in [0.5, 0.6) is 0 Å². The van der Waals surface area contributed by atoms with Gasteiger partial charge in [0.05, 0.1) is 10.7 Å². The first kappa shape index (κ1) is 18.2. The third kappa shape index (κ3) is 3.14. The van der Waals surface area contributed by atoms with Gasteiger partial charge in [-0.05, 0) is 30.2 Å². The van der Waals surface area contributed by atoms with E-state index in [-0.39, 0.29) is 18.8 Å². The molecule has 142 valence electrons. The summed E-state index contributed by atoms with van der Waals surface area (Å²) in [7, 11) is 0. The number of hydrogen-bond donors (Lipinski definition) is 1. The van der Waals surface area contributed by atoms with Gasteiger partial charge in [0.2, 0.25) is 5.82 Å². The van der Waals surface area contributed by atoms with Crippen molar-refractivity contribution in [1.82, 2.24) is 19.7 Å². The summed E-state index contributed by atoms with van der Waals surface area (Å²) >= 11 is 6.23. The fourth-order valence-corrected chi connectivity index (χ4v) is 3.63. The van der Waals surface area contributed by atoms with Crippen molar-refractivity contribution in [3.05, 3.63) is 76.3 Å². The lowest BCUT2D eigenvalue weighted by molar-refractivity contribution is -0.142. The third-order valence-electron chi connectivity index (χ3n) is 4.84. The molecule has 8 heteroatoms. The maximum Gasteiger partial charge on any atom is 0.326 e. The lowest BCUT2D eigenvalue weighted by atomic mass is 9.94. The molecule has 1 N–H and O–H groups in total. The highest BCUT2D eigenvalue weighted by Gasteiger charge is 2.36. The smallest absolute Gasteiger partial charge is 0.326 e. The van der Waals surface area contributed by atoms with Gasteiger partial charge >= 0.3 is 5.97 Å². The standard InChI is InChI=1S/C20H17ClN4O3/c1-12-22-18(23-25(12)16-9-5-4-8-15(16)21)19(26)24-11-14-7-3-2-6-13(14)10-17(24)20(27)28/h2-9,17H,10-11H2,1H3,(H,27,28). The molecular weight excluding hydrogens is 380 g/mol. The second-order valence-corrected chi connectivity index (χ2v) is 7.01. The highest BCUT2D eigenvalue weighted by molar-refractivity contribution is 6.32. The largest absolute Gasteiger partial charge is 0.480 e. The Kier molecular flexibility index (Phi) is 4.60. The van der Waals surface area contributed by atoms with Crippen molar-refractivity contribution in [3.63, 3.8) is 0 Å². The van der Waals surface area contributed by atoms with Crippen molar-refractivity contribution >= 4 is 23.5 Å². The zero-order valence-electron chi connectivity index (χ0n) is 15.0. The van der Waals surface area contributed by atoms with Gasteiger partial charge in [-0.2, -0.15) is 0 Å². The van der Waals surface area contributed by atoms with Crippen LogP contribution in [0, 0.1) is 6.92 Å². The molecule has 0 bridgehead atoms. The summed E-state index contributed by atoms with van der Waals surface area (Å²) in [4.78, 5) is 30.5. The molecule has 0 radical (unpaired) electrons. The lowest BCUT2D eigenvalue weighted by Gasteiger charge is -2.33. The molecule has 1 aliphatic heterocycles. The van der Waals surface area contributed by atoms with Crippen molar-refractivity contribution in [2.24, 2.45) is 0 Å². The van der Waals surface area contributed by atoms with Gasteiger partial charge in [0, 0.05) is 13.0 Å². The van der Waals surface area contributed by atoms with E-state index in [0.717, 1.165) is 11.1 Å². The Bertz CT molecular complexity index is 1080. The Morgan fingerprint density at radius 1 is 1.11 bits per heavy atom. The maximum atomic E-state index is 13.1. The predicted octanol–water partition coefficient (Wildman–Crippen LogP) is 2.88. The highest BCUT2D eigenvalue weighted by Crippen LogP contribution is 2.25. The molecule has 1 aliphatic rings. The van der Waals surface area contributed by atoms with Crippen molar-refractivity contribution in [3.8, 4) is 5.69 Å². The van der Waals surface area contributed by atoms with E-state index < -0.39 is 17.9 Å². The molecule has 0 aliphatic carbocycles. The number of aromatic nitrogens is 3. The number of benzene rings is 2. The summed E-state index contributed by atoms with van der Waals surface area (Å²) in [6, 6.07) is 13.7. The molecule has 1 unspecified atom stereocenters. The van der Waals surface area contributed by atoms with E-state index in [1.807, 2.05) is 30.3 Å². The van der Waals surface area contributed by atoms with E-state index in [9.17, 15) is 14.7 Å². The SMILES string of the molecule is Cc1nc(C(=O)N2Cc3ccccc3CC2C(=O)O)nn1-c1ccccc1Cl. The molecule has 2 heterocycles. The maximum absolute atomic E-state index is 13.1. The minimum Gasteiger partial charge on any atom is -0.480 e. The number of para-hydroxylation sites is 1. The summed E-state index contributed by atoms with van der Waals surface area (Å²) in [5, 5.41) is 14.4. The third-order valence-corrected chi connectivity index (χ3v) is 5.15. The normalized spacial score (nSPS) is 15.9. The number of carboxylic acids is 1. The number of carbonyl (C=O) groups excluding carboxylic acids is 1. The second kappa shape index (κ2) is 7.09. The van der Waals surface area contributed by atoms with Crippen LogP contribution in [-0.2, 0) is 17.8 Å². The molecule has 1 aromatic heterocycles. The second-order valence-electron chi connectivity index (χ2n) is 6.61. The monoisotopic (exact) mass is 396 g/mol. The molecule has 3 aromatic rings. The number of halogens is 1. The number of nitrogens with zero attached hydrogens (tertiary/aromatic N) is 4. The topological polar surface area (TPSA) is 88.3 Å². The number of carbonyl (C=O) groups is 2. The van der Waals surface area contributed by atoms with Gasteiger partial charge in [0.1, 0.15) is 11.9 Å². The van der Waals surface area contributed by atoms with Crippen LogP contribution >= 0.6 is 11.6 Å². The van der Waals surface area contributed by atoms with Crippen LogP contribution in [0.2, 0.25) is 5.02 Å². The lowest BCUT2D eigenvalue weighted by Crippen LogP contribution is -2.49. The Hall–Kier alpha value is -3.19. The molecule has 4 rings (SSSR count). The predicted molar refractivity (Wildman–Crippen MR) is 103 cm³/mol. The van der Waals surface area contributed by atoms with E-state index in [2.05, 4.69) is 10.1 Å². The van der Waals surface area contributed by atoms with Gasteiger partial charge in [-0.25, -0.2) is 14.5 Å². The van der Waals surface area contributed by atoms with Crippen LogP contribution in [0.1, 0.15) is 27.6 Å². The number of aliphatic carboxylic acids is 1. The first-order valence-corrected chi connectivity index (χ1v) is 9.12.